The van der Waals surface area contributed by atoms with Gasteiger partial charge >= 0.3 is 0 Å². The van der Waals surface area contributed by atoms with Gasteiger partial charge in [-0.3, -0.25) is 9.69 Å². The molecule has 7 heteroatoms. The summed E-state index contributed by atoms with van der Waals surface area (Å²) in [7, 11) is 0. The van der Waals surface area contributed by atoms with Gasteiger partial charge in [-0.2, -0.15) is 4.98 Å². The molecule has 0 atom stereocenters. The van der Waals surface area contributed by atoms with E-state index in [1.54, 1.807) is 0 Å². The van der Waals surface area contributed by atoms with Crippen molar-refractivity contribution in [1.29, 1.82) is 0 Å². The summed E-state index contributed by atoms with van der Waals surface area (Å²) < 4.78 is 11.7. The van der Waals surface area contributed by atoms with Gasteiger partial charge in [-0.1, -0.05) is 60.5 Å². The summed E-state index contributed by atoms with van der Waals surface area (Å²) in [4.78, 5) is 21.4. The minimum absolute atomic E-state index is 0.0271. The number of rotatable bonds is 6. The average Bonchev–Trinajstić information content (AvgIpc) is 3.15. The van der Waals surface area contributed by atoms with Crippen LogP contribution >= 0.6 is 0 Å². The molecule has 0 spiro atoms. The van der Waals surface area contributed by atoms with Gasteiger partial charge in [0.05, 0.1) is 25.2 Å². The Morgan fingerprint density at radius 2 is 1.69 bits per heavy atom. The molecule has 0 radical (unpaired) electrons. The molecule has 2 saturated heterocycles. The number of hydrogen-bond acceptors (Lipinski definition) is 6. The highest BCUT2D eigenvalue weighted by molar-refractivity contribution is 5.79. The second-order valence-corrected chi connectivity index (χ2v) is 8.51. The molecule has 5 rings (SSSR count). The summed E-state index contributed by atoms with van der Waals surface area (Å²) in [5.74, 6) is 1.86. The maximum atomic E-state index is 12.6. The van der Waals surface area contributed by atoms with Gasteiger partial charge in [0, 0.05) is 5.56 Å². The van der Waals surface area contributed by atoms with Crippen LogP contribution in [0.1, 0.15) is 25.7 Å². The Kier molecular flexibility index (Phi) is 6.16. The number of aromatic nitrogens is 2. The van der Waals surface area contributed by atoms with Gasteiger partial charge in [0.25, 0.3) is 5.89 Å². The van der Waals surface area contributed by atoms with Crippen LogP contribution in [0.5, 0.6) is 5.75 Å². The van der Waals surface area contributed by atoms with E-state index in [-0.39, 0.29) is 12.0 Å². The van der Waals surface area contributed by atoms with Gasteiger partial charge in [-0.05, 0) is 38.1 Å². The van der Waals surface area contributed by atoms with Gasteiger partial charge in [0.1, 0.15) is 11.9 Å². The lowest BCUT2D eigenvalue weighted by molar-refractivity contribution is -0.141. The van der Waals surface area contributed by atoms with Crippen molar-refractivity contribution in [1.82, 2.24) is 19.9 Å². The van der Waals surface area contributed by atoms with Gasteiger partial charge in [0.15, 0.2) is 0 Å². The molecule has 2 aliphatic rings. The summed E-state index contributed by atoms with van der Waals surface area (Å²) in [6.45, 7) is 3.80. The van der Waals surface area contributed by atoms with Crippen LogP contribution in [0.3, 0.4) is 0 Å². The fraction of sp³-hybridized carbons (Fsp3) is 0.400. The number of likely N-dealkylation sites (tertiary alicyclic amines) is 2. The first-order chi connectivity index (χ1) is 15.8. The Bertz CT molecular complexity index is 1040. The van der Waals surface area contributed by atoms with Crippen LogP contribution in [-0.4, -0.2) is 64.7 Å². The number of para-hydroxylation sites is 1. The largest absolute Gasteiger partial charge is 0.486 e. The number of carbonyl (C=O) groups excluding carboxylic acids is 1. The van der Waals surface area contributed by atoms with Crippen molar-refractivity contribution >= 4 is 5.91 Å². The van der Waals surface area contributed by atoms with Crippen molar-refractivity contribution in [2.24, 2.45) is 0 Å². The van der Waals surface area contributed by atoms with Gasteiger partial charge < -0.3 is 14.2 Å². The Hall–Kier alpha value is -3.19. The van der Waals surface area contributed by atoms with Gasteiger partial charge in [-0.15, -0.1) is 0 Å². The van der Waals surface area contributed by atoms with E-state index < -0.39 is 0 Å². The minimum Gasteiger partial charge on any atom is -0.486 e. The normalized spacial score (nSPS) is 17.6. The zero-order chi connectivity index (χ0) is 21.8. The van der Waals surface area contributed by atoms with Gasteiger partial charge in [0.2, 0.25) is 11.7 Å². The lowest BCUT2D eigenvalue weighted by atomic mass is 10.1. The summed E-state index contributed by atoms with van der Waals surface area (Å²) in [5.41, 5.74) is 1.66. The lowest BCUT2D eigenvalue weighted by Gasteiger charge is -2.40. The zero-order valence-electron chi connectivity index (χ0n) is 18.2. The van der Waals surface area contributed by atoms with Crippen molar-refractivity contribution in [3.05, 3.63) is 54.6 Å². The molecule has 1 aromatic heterocycles. The first-order valence-corrected chi connectivity index (χ1v) is 11.4. The van der Waals surface area contributed by atoms with Crippen LogP contribution < -0.4 is 4.74 Å². The van der Waals surface area contributed by atoms with Crippen LogP contribution in [0.25, 0.3) is 22.8 Å². The molecule has 0 unspecified atom stereocenters. The SMILES string of the molecule is O=C(CN1CCCCCC1)N1CC(Oc2ccccc2-c2nc(-c3ccccc3)no2)C1. The molecule has 32 heavy (non-hydrogen) atoms. The van der Waals surface area contributed by atoms with E-state index in [1.165, 1.54) is 25.7 Å². The van der Waals surface area contributed by atoms with E-state index in [0.717, 1.165) is 24.2 Å². The fourth-order valence-corrected chi connectivity index (χ4v) is 4.26. The molecule has 3 aromatic rings. The Morgan fingerprint density at radius 3 is 2.47 bits per heavy atom. The lowest BCUT2D eigenvalue weighted by Crippen LogP contribution is -2.58. The van der Waals surface area contributed by atoms with E-state index in [1.807, 2.05) is 59.5 Å². The van der Waals surface area contributed by atoms with Crippen molar-refractivity contribution in [2.75, 3.05) is 32.7 Å². The van der Waals surface area contributed by atoms with Crippen molar-refractivity contribution in [3.63, 3.8) is 0 Å². The smallest absolute Gasteiger partial charge is 0.262 e. The van der Waals surface area contributed by atoms with E-state index in [0.29, 0.717) is 37.1 Å². The first kappa shape index (κ1) is 20.7. The number of amides is 1. The zero-order valence-corrected chi connectivity index (χ0v) is 18.2. The molecule has 3 heterocycles. The third-order valence-corrected chi connectivity index (χ3v) is 6.13. The quantitative estimate of drug-likeness (QED) is 0.589. The molecular weight excluding hydrogens is 404 g/mol. The summed E-state index contributed by atoms with van der Waals surface area (Å²) in [6, 6.07) is 17.4. The Balaban J connectivity index is 1.20. The van der Waals surface area contributed by atoms with Crippen LogP contribution in [0.4, 0.5) is 0 Å². The average molecular weight is 433 g/mol. The van der Waals surface area contributed by atoms with E-state index in [9.17, 15) is 4.79 Å². The van der Waals surface area contributed by atoms with Crippen molar-refractivity contribution in [2.45, 2.75) is 31.8 Å². The highest BCUT2D eigenvalue weighted by Crippen LogP contribution is 2.32. The second kappa shape index (κ2) is 9.53. The maximum Gasteiger partial charge on any atom is 0.262 e. The number of nitrogens with zero attached hydrogens (tertiary/aromatic N) is 4. The summed E-state index contributed by atoms with van der Waals surface area (Å²) in [6.07, 6.45) is 4.91. The van der Waals surface area contributed by atoms with Crippen molar-refractivity contribution in [3.8, 4) is 28.6 Å². The summed E-state index contributed by atoms with van der Waals surface area (Å²) >= 11 is 0. The molecule has 0 saturated carbocycles. The maximum absolute atomic E-state index is 12.6. The molecule has 1 amide bonds. The van der Waals surface area contributed by atoms with Crippen LogP contribution in [-0.2, 0) is 4.79 Å². The number of ether oxygens (including phenoxy) is 1. The molecule has 166 valence electrons. The topological polar surface area (TPSA) is 71.7 Å². The minimum atomic E-state index is -0.0271. The molecule has 2 fully saturated rings. The molecule has 7 nitrogen and oxygen atoms in total. The van der Waals surface area contributed by atoms with Crippen LogP contribution in [0.2, 0.25) is 0 Å². The first-order valence-electron chi connectivity index (χ1n) is 11.4. The molecule has 0 N–H and O–H groups in total. The highest BCUT2D eigenvalue weighted by atomic mass is 16.5. The third kappa shape index (κ3) is 4.67. The predicted octanol–water partition coefficient (Wildman–Crippen LogP) is 3.87. The Labute approximate surface area is 188 Å². The molecule has 0 aliphatic carbocycles. The fourth-order valence-electron chi connectivity index (χ4n) is 4.26. The van der Waals surface area contributed by atoms with E-state index >= 15 is 0 Å². The highest BCUT2D eigenvalue weighted by Gasteiger charge is 2.33. The molecule has 0 bridgehead atoms. The van der Waals surface area contributed by atoms with Crippen LogP contribution in [0, 0.1) is 0 Å². The molecular formula is C25H28N4O3. The number of hydrogen-bond donors (Lipinski definition) is 0. The number of carbonyl (C=O) groups is 1. The standard InChI is InChI=1S/C25H28N4O3/c30-23(18-28-14-8-1-2-9-15-28)29-16-20(17-29)31-22-13-7-6-12-21(22)25-26-24(27-32-25)19-10-4-3-5-11-19/h3-7,10-13,20H,1-2,8-9,14-18H2. The third-order valence-electron chi connectivity index (χ3n) is 6.13. The van der Waals surface area contributed by atoms with Gasteiger partial charge in [-0.25, -0.2) is 0 Å². The predicted molar refractivity (Wildman–Crippen MR) is 121 cm³/mol. The number of benzene rings is 2. The van der Waals surface area contributed by atoms with Crippen molar-refractivity contribution < 1.29 is 14.1 Å². The molecule has 2 aliphatic heterocycles. The van der Waals surface area contributed by atoms with E-state index in [4.69, 9.17) is 9.26 Å². The van der Waals surface area contributed by atoms with E-state index in [2.05, 4.69) is 15.0 Å². The second-order valence-electron chi connectivity index (χ2n) is 8.51. The van der Waals surface area contributed by atoms with Crippen LogP contribution in [0.15, 0.2) is 59.1 Å². The monoisotopic (exact) mass is 432 g/mol. The molecule has 2 aromatic carbocycles. The summed E-state index contributed by atoms with van der Waals surface area (Å²) in [5, 5.41) is 4.12. The Morgan fingerprint density at radius 1 is 0.969 bits per heavy atom.